The predicted molar refractivity (Wildman–Crippen MR) is 114 cm³/mol. The Hall–Kier alpha value is -2.72. The van der Waals surface area contributed by atoms with Crippen molar-refractivity contribution >= 4 is 44.8 Å². The fraction of sp³-hybridized carbons (Fsp3) is 0.368. The molecule has 4 rings (SSSR count). The molecule has 0 saturated heterocycles. The molecule has 0 spiro atoms. The van der Waals surface area contributed by atoms with Crippen LogP contribution in [-0.2, 0) is 4.79 Å². The third-order valence-corrected chi connectivity index (χ3v) is 5.97. The summed E-state index contributed by atoms with van der Waals surface area (Å²) in [5.41, 5.74) is 0.616. The quantitative estimate of drug-likeness (QED) is 0.640. The first-order valence-corrected chi connectivity index (χ1v) is 10.9. The summed E-state index contributed by atoms with van der Waals surface area (Å²) >= 11 is 2.86. The molecule has 10 heteroatoms. The molecule has 1 aliphatic carbocycles. The summed E-state index contributed by atoms with van der Waals surface area (Å²) in [5.74, 6) is 0.334. The molecule has 0 unspecified atom stereocenters. The summed E-state index contributed by atoms with van der Waals surface area (Å²) in [6.45, 7) is 3.33. The van der Waals surface area contributed by atoms with Gasteiger partial charge in [0.15, 0.2) is 0 Å². The fourth-order valence-electron chi connectivity index (χ4n) is 2.88. The van der Waals surface area contributed by atoms with Crippen LogP contribution in [0.4, 0.5) is 10.3 Å². The normalized spacial score (nSPS) is 13.4. The number of nitrogens with one attached hydrogen (secondary N) is 2. The number of carbonyl (C=O) groups is 2. The molecule has 2 N–H and O–H groups in total. The van der Waals surface area contributed by atoms with Gasteiger partial charge in [0, 0.05) is 18.4 Å². The number of amides is 2. The van der Waals surface area contributed by atoms with Gasteiger partial charge in [-0.15, -0.1) is 20.4 Å². The van der Waals surface area contributed by atoms with Crippen LogP contribution in [0.2, 0.25) is 0 Å². The fourth-order valence-corrected chi connectivity index (χ4v) is 4.42. The Labute approximate surface area is 176 Å². The standard InChI is InChI=1S/C10H9N3OS.C9H13N3OS/c1-7-12-13-10(15-7)11-9(14)8-5-3-2-4-6-8;1-6(13)10-9-12-11-8(14-9)7-4-2-3-5-7/h2-6H,1H3,(H,11,13,14);7H,2-5H2,1H3,(H,10,12,13). The highest BCUT2D eigenvalue weighted by atomic mass is 32.1. The van der Waals surface area contributed by atoms with E-state index in [1.807, 2.05) is 25.1 Å². The number of aromatic nitrogens is 4. The number of hydrogen-bond acceptors (Lipinski definition) is 8. The van der Waals surface area contributed by atoms with Crippen molar-refractivity contribution in [2.75, 3.05) is 10.6 Å². The van der Waals surface area contributed by atoms with Crippen molar-refractivity contribution in [3.05, 3.63) is 45.9 Å². The zero-order valence-corrected chi connectivity index (χ0v) is 17.8. The maximum absolute atomic E-state index is 11.7. The second kappa shape index (κ2) is 10.2. The first kappa shape index (κ1) is 21.0. The molecule has 1 aromatic carbocycles. The van der Waals surface area contributed by atoms with Gasteiger partial charge in [-0.25, -0.2) is 0 Å². The van der Waals surface area contributed by atoms with Gasteiger partial charge in [-0.05, 0) is 31.9 Å². The van der Waals surface area contributed by atoms with Crippen LogP contribution in [-0.4, -0.2) is 32.2 Å². The van der Waals surface area contributed by atoms with Crippen molar-refractivity contribution in [3.63, 3.8) is 0 Å². The molecular weight excluding hydrogens is 408 g/mol. The van der Waals surface area contributed by atoms with Crippen molar-refractivity contribution in [2.24, 2.45) is 0 Å². The van der Waals surface area contributed by atoms with Crippen LogP contribution < -0.4 is 10.6 Å². The Balaban J connectivity index is 0.000000166. The van der Waals surface area contributed by atoms with Gasteiger partial charge in [0.25, 0.3) is 5.91 Å². The Morgan fingerprint density at radius 1 is 0.931 bits per heavy atom. The molecule has 2 amide bonds. The second-order valence-corrected chi connectivity index (χ2v) is 8.75. The van der Waals surface area contributed by atoms with Gasteiger partial charge in [0.05, 0.1) is 0 Å². The minimum Gasteiger partial charge on any atom is -0.301 e. The molecule has 1 saturated carbocycles. The lowest BCUT2D eigenvalue weighted by Gasteiger charge is -2.00. The topological polar surface area (TPSA) is 110 Å². The molecule has 1 fully saturated rings. The maximum Gasteiger partial charge on any atom is 0.257 e. The lowest BCUT2D eigenvalue weighted by atomic mass is 10.1. The highest BCUT2D eigenvalue weighted by Crippen LogP contribution is 2.36. The highest BCUT2D eigenvalue weighted by molar-refractivity contribution is 7.15. The third-order valence-electron chi connectivity index (χ3n) is 4.21. The summed E-state index contributed by atoms with van der Waals surface area (Å²) < 4.78 is 0. The minimum atomic E-state index is -0.160. The van der Waals surface area contributed by atoms with Gasteiger partial charge < -0.3 is 5.32 Å². The highest BCUT2D eigenvalue weighted by Gasteiger charge is 2.21. The van der Waals surface area contributed by atoms with Crippen molar-refractivity contribution in [2.45, 2.75) is 45.4 Å². The number of nitrogens with zero attached hydrogens (tertiary/aromatic N) is 4. The van der Waals surface area contributed by atoms with E-state index in [9.17, 15) is 9.59 Å². The summed E-state index contributed by atoms with van der Waals surface area (Å²) in [4.78, 5) is 22.4. The van der Waals surface area contributed by atoms with E-state index < -0.39 is 0 Å². The second-order valence-electron chi connectivity index (χ2n) is 6.55. The lowest BCUT2D eigenvalue weighted by molar-refractivity contribution is -0.114. The summed E-state index contributed by atoms with van der Waals surface area (Å²) in [5, 5.41) is 24.1. The molecule has 0 atom stereocenters. The molecule has 2 aromatic heterocycles. The SMILES string of the molecule is CC(=O)Nc1nnc(C2CCCC2)s1.Cc1nnc(NC(=O)c2ccccc2)s1. The van der Waals surface area contributed by atoms with E-state index in [4.69, 9.17) is 0 Å². The van der Waals surface area contributed by atoms with Crippen molar-refractivity contribution in [1.82, 2.24) is 20.4 Å². The lowest BCUT2D eigenvalue weighted by Crippen LogP contribution is -2.11. The van der Waals surface area contributed by atoms with E-state index in [1.54, 1.807) is 12.1 Å². The van der Waals surface area contributed by atoms with Crippen LogP contribution in [0.25, 0.3) is 0 Å². The Morgan fingerprint density at radius 3 is 2.21 bits per heavy atom. The van der Waals surface area contributed by atoms with Gasteiger partial charge in [0.1, 0.15) is 10.0 Å². The molecule has 29 heavy (non-hydrogen) atoms. The van der Waals surface area contributed by atoms with E-state index in [-0.39, 0.29) is 11.8 Å². The van der Waals surface area contributed by atoms with Crippen molar-refractivity contribution in [3.8, 4) is 0 Å². The minimum absolute atomic E-state index is 0.0841. The molecule has 0 radical (unpaired) electrons. The van der Waals surface area contributed by atoms with Crippen LogP contribution in [0.1, 0.15) is 58.9 Å². The summed E-state index contributed by atoms with van der Waals surface area (Å²) in [6, 6.07) is 9.01. The first-order chi connectivity index (χ1) is 14.0. The van der Waals surface area contributed by atoms with Crippen molar-refractivity contribution in [1.29, 1.82) is 0 Å². The summed E-state index contributed by atoms with van der Waals surface area (Å²) in [6.07, 6.45) is 5.02. The van der Waals surface area contributed by atoms with Crippen LogP contribution >= 0.6 is 22.7 Å². The maximum atomic E-state index is 11.7. The number of anilines is 2. The van der Waals surface area contributed by atoms with E-state index >= 15 is 0 Å². The number of aryl methyl sites for hydroxylation is 1. The Bertz CT molecular complexity index is 951. The largest absolute Gasteiger partial charge is 0.301 e. The van der Waals surface area contributed by atoms with E-state index in [1.165, 1.54) is 55.3 Å². The molecule has 0 aliphatic heterocycles. The van der Waals surface area contributed by atoms with E-state index in [0.29, 0.717) is 21.7 Å². The van der Waals surface area contributed by atoms with Crippen LogP contribution in [0.3, 0.4) is 0 Å². The van der Waals surface area contributed by atoms with Gasteiger partial charge in [-0.1, -0.05) is 53.7 Å². The average molecular weight is 431 g/mol. The third kappa shape index (κ3) is 6.40. The number of carbonyl (C=O) groups excluding carboxylic acids is 2. The van der Waals surface area contributed by atoms with Gasteiger partial charge in [-0.2, -0.15) is 0 Å². The molecular formula is C19H22N6O2S2. The smallest absolute Gasteiger partial charge is 0.257 e. The molecule has 152 valence electrons. The molecule has 3 aromatic rings. The predicted octanol–water partition coefficient (Wildman–Crippen LogP) is 4.25. The first-order valence-electron chi connectivity index (χ1n) is 9.29. The Morgan fingerprint density at radius 2 is 1.59 bits per heavy atom. The van der Waals surface area contributed by atoms with Gasteiger partial charge in [-0.3, -0.25) is 14.9 Å². The zero-order chi connectivity index (χ0) is 20.6. The number of hydrogen-bond donors (Lipinski definition) is 2. The molecule has 1 aliphatic rings. The van der Waals surface area contributed by atoms with E-state index in [2.05, 4.69) is 31.0 Å². The van der Waals surface area contributed by atoms with Crippen LogP contribution in [0, 0.1) is 6.92 Å². The number of rotatable bonds is 4. The van der Waals surface area contributed by atoms with Gasteiger partial charge in [0.2, 0.25) is 16.2 Å². The molecule has 0 bridgehead atoms. The summed E-state index contributed by atoms with van der Waals surface area (Å²) in [7, 11) is 0. The average Bonchev–Trinajstić information content (AvgIpc) is 3.45. The van der Waals surface area contributed by atoms with Crippen LogP contribution in [0.15, 0.2) is 30.3 Å². The molecule has 8 nitrogen and oxygen atoms in total. The van der Waals surface area contributed by atoms with Crippen molar-refractivity contribution < 1.29 is 9.59 Å². The molecule has 2 heterocycles. The Kier molecular flexibility index (Phi) is 7.36. The number of benzene rings is 1. The monoisotopic (exact) mass is 430 g/mol. The van der Waals surface area contributed by atoms with E-state index in [0.717, 1.165) is 10.0 Å². The van der Waals surface area contributed by atoms with Crippen LogP contribution in [0.5, 0.6) is 0 Å². The zero-order valence-electron chi connectivity index (χ0n) is 16.2. The van der Waals surface area contributed by atoms with Gasteiger partial charge >= 0.3 is 0 Å².